The molecule has 0 N–H and O–H groups in total. The van der Waals surface area contributed by atoms with E-state index in [0.29, 0.717) is 18.9 Å². The van der Waals surface area contributed by atoms with Crippen molar-refractivity contribution in [2.24, 2.45) is 5.92 Å². The Morgan fingerprint density at radius 3 is 2.36 bits per heavy atom. The molecule has 1 rings (SSSR count). The molecule has 2 atom stereocenters. The summed E-state index contributed by atoms with van der Waals surface area (Å²) in [6.07, 6.45) is 2.15. The lowest BCUT2D eigenvalue weighted by molar-refractivity contribution is -0.152. The number of hydrogen-bond acceptors (Lipinski definition) is 5. The third-order valence-electron chi connectivity index (χ3n) is 3.86. The summed E-state index contributed by atoms with van der Waals surface area (Å²) in [5.41, 5.74) is -0.588. The van der Waals surface area contributed by atoms with E-state index < -0.39 is 23.4 Å². The third kappa shape index (κ3) is 5.31. The molecule has 1 amide bonds. The fourth-order valence-electron chi connectivity index (χ4n) is 2.67. The highest BCUT2D eigenvalue weighted by Gasteiger charge is 2.36. The van der Waals surface area contributed by atoms with Gasteiger partial charge in [0.1, 0.15) is 5.60 Å². The predicted molar refractivity (Wildman–Crippen MR) is 81.4 cm³/mol. The maximum absolute atomic E-state index is 12.3. The predicted octanol–water partition coefficient (Wildman–Crippen LogP) is 2.54. The van der Waals surface area contributed by atoms with Crippen LogP contribution in [0.3, 0.4) is 0 Å². The van der Waals surface area contributed by atoms with Crippen LogP contribution < -0.4 is 0 Å². The summed E-state index contributed by atoms with van der Waals surface area (Å²) in [6.45, 7) is 8.05. The fourth-order valence-corrected chi connectivity index (χ4v) is 2.67. The number of ether oxygens (including phenoxy) is 2. The molecule has 0 aromatic carbocycles. The van der Waals surface area contributed by atoms with E-state index in [1.165, 1.54) is 7.11 Å². The standard InChI is InChI=1S/C16H27NO5/c1-6-11-7-8-17(15(20)22-16(2,3)4)12(9-11)10-13(18)14(19)21-5/h11-12H,6-10H2,1-5H3. The molecule has 1 saturated heterocycles. The maximum Gasteiger partial charge on any atom is 0.410 e. The second-order valence-corrected chi connectivity index (χ2v) is 6.75. The van der Waals surface area contributed by atoms with Gasteiger partial charge in [-0.25, -0.2) is 9.59 Å². The molecule has 1 aliphatic heterocycles. The van der Waals surface area contributed by atoms with Crippen LogP contribution in [0.2, 0.25) is 0 Å². The number of rotatable bonds is 4. The SMILES string of the molecule is CCC1CCN(C(=O)OC(C)(C)C)C(CC(=O)C(=O)OC)C1. The van der Waals surface area contributed by atoms with Gasteiger partial charge in [-0.1, -0.05) is 13.3 Å². The lowest BCUT2D eigenvalue weighted by Gasteiger charge is -2.39. The second kappa shape index (κ2) is 7.61. The number of ketones is 1. The quantitative estimate of drug-likeness (QED) is 0.589. The lowest BCUT2D eigenvalue weighted by Crippen LogP contribution is -2.49. The van der Waals surface area contributed by atoms with Crippen molar-refractivity contribution in [3.05, 3.63) is 0 Å². The molecule has 22 heavy (non-hydrogen) atoms. The van der Waals surface area contributed by atoms with Crippen LogP contribution in [0.1, 0.15) is 53.4 Å². The molecule has 0 aromatic heterocycles. The molecule has 6 heteroatoms. The summed E-state index contributed by atoms with van der Waals surface area (Å²) < 4.78 is 9.86. The number of esters is 1. The zero-order valence-electron chi connectivity index (χ0n) is 14.2. The van der Waals surface area contributed by atoms with Gasteiger partial charge >= 0.3 is 12.1 Å². The van der Waals surface area contributed by atoms with Gasteiger partial charge in [0.05, 0.1) is 7.11 Å². The van der Waals surface area contributed by atoms with Crippen LogP contribution in [-0.4, -0.2) is 48.0 Å². The normalized spacial score (nSPS) is 22.1. The molecule has 0 aromatic rings. The number of hydrogen-bond donors (Lipinski definition) is 0. The molecular weight excluding hydrogens is 286 g/mol. The highest BCUT2D eigenvalue weighted by molar-refractivity contribution is 6.33. The van der Waals surface area contributed by atoms with Gasteiger partial charge in [-0.3, -0.25) is 4.79 Å². The van der Waals surface area contributed by atoms with Crippen molar-refractivity contribution >= 4 is 17.8 Å². The van der Waals surface area contributed by atoms with Crippen LogP contribution in [0, 0.1) is 5.92 Å². The second-order valence-electron chi connectivity index (χ2n) is 6.75. The first kappa shape index (κ1) is 18.5. The van der Waals surface area contributed by atoms with Crippen molar-refractivity contribution < 1.29 is 23.9 Å². The first-order valence-electron chi connectivity index (χ1n) is 7.78. The zero-order chi connectivity index (χ0) is 16.9. The number of carbonyl (C=O) groups is 3. The number of amides is 1. The summed E-state index contributed by atoms with van der Waals surface area (Å²) in [6, 6.07) is -0.305. The largest absolute Gasteiger partial charge is 0.463 e. The number of carbonyl (C=O) groups excluding carboxylic acids is 3. The van der Waals surface area contributed by atoms with Gasteiger partial charge in [0.2, 0.25) is 5.78 Å². The number of methoxy groups -OCH3 is 1. The van der Waals surface area contributed by atoms with Crippen molar-refractivity contribution in [3.8, 4) is 0 Å². The van der Waals surface area contributed by atoms with Gasteiger partial charge < -0.3 is 14.4 Å². The molecule has 0 spiro atoms. The Bertz CT molecular complexity index is 427. The van der Waals surface area contributed by atoms with E-state index in [1.807, 2.05) is 0 Å². The Hall–Kier alpha value is -1.59. The topological polar surface area (TPSA) is 72.9 Å². The first-order chi connectivity index (χ1) is 10.2. The van der Waals surface area contributed by atoms with Crippen molar-refractivity contribution in [2.75, 3.05) is 13.7 Å². The Morgan fingerprint density at radius 2 is 1.86 bits per heavy atom. The average molecular weight is 313 g/mol. The summed E-state index contributed by atoms with van der Waals surface area (Å²) in [7, 11) is 1.18. The van der Waals surface area contributed by atoms with Gasteiger partial charge in [-0.05, 0) is 39.5 Å². The zero-order valence-corrected chi connectivity index (χ0v) is 14.2. The van der Waals surface area contributed by atoms with Crippen LogP contribution in [0.4, 0.5) is 4.79 Å². The minimum absolute atomic E-state index is 0.0115. The van der Waals surface area contributed by atoms with Crippen LogP contribution in [0.5, 0.6) is 0 Å². The molecule has 0 bridgehead atoms. The monoisotopic (exact) mass is 313 g/mol. The van der Waals surface area contributed by atoms with E-state index in [4.69, 9.17) is 4.74 Å². The third-order valence-corrected chi connectivity index (χ3v) is 3.86. The molecule has 1 heterocycles. The molecule has 0 radical (unpaired) electrons. The smallest absolute Gasteiger partial charge is 0.410 e. The summed E-state index contributed by atoms with van der Waals surface area (Å²) in [4.78, 5) is 37.1. The maximum atomic E-state index is 12.3. The fraction of sp³-hybridized carbons (Fsp3) is 0.812. The molecule has 1 aliphatic rings. The molecule has 2 unspecified atom stereocenters. The number of likely N-dealkylation sites (tertiary alicyclic amines) is 1. The van der Waals surface area contributed by atoms with E-state index >= 15 is 0 Å². The van der Waals surface area contributed by atoms with E-state index in [2.05, 4.69) is 11.7 Å². The number of piperidine rings is 1. The molecule has 1 fully saturated rings. The van der Waals surface area contributed by atoms with Gasteiger partial charge in [0, 0.05) is 19.0 Å². The molecule has 6 nitrogen and oxygen atoms in total. The highest BCUT2D eigenvalue weighted by Crippen LogP contribution is 2.28. The van der Waals surface area contributed by atoms with Crippen molar-refractivity contribution in [1.29, 1.82) is 0 Å². The van der Waals surface area contributed by atoms with Crippen LogP contribution >= 0.6 is 0 Å². The van der Waals surface area contributed by atoms with Gasteiger partial charge in [0.25, 0.3) is 0 Å². The van der Waals surface area contributed by atoms with Crippen LogP contribution in [0.15, 0.2) is 0 Å². The van der Waals surface area contributed by atoms with Gasteiger partial charge in [0.15, 0.2) is 0 Å². The van der Waals surface area contributed by atoms with Crippen LogP contribution in [-0.2, 0) is 19.1 Å². The van der Waals surface area contributed by atoms with E-state index in [1.54, 1.807) is 25.7 Å². The Balaban J connectivity index is 2.81. The first-order valence-corrected chi connectivity index (χ1v) is 7.78. The van der Waals surface area contributed by atoms with Gasteiger partial charge in [-0.2, -0.15) is 0 Å². The Morgan fingerprint density at radius 1 is 1.23 bits per heavy atom. The Kier molecular flexibility index (Phi) is 6.38. The van der Waals surface area contributed by atoms with E-state index in [0.717, 1.165) is 12.8 Å². The molecular formula is C16H27NO5. The molecule has 126 valence electrons. The number of Topliss-reactive ketones (excluding diaryl/α,β-unsaturated/α-hetero) is 1. The highest BCUT2D eigenvalue weighted by atomic mass is 16.6. The van der Waals surface area contributed by atoms with Gasteiger partial charge in [-0.15, -0.1) is 0 Å². The van der Waals surface area contributed by atoms with Crippen molar-refractivity contribution in [2.45, 2.75) is 65.0 Å². The summed E-state index contributed by atoms with van der Waals surface area (Å²) >= 11 is 0. The molecule has 0 saturated carbocycles. The molecule has 0 aliphatic carbocycles. The van der Waals surface area contributed by atoms with Crippen molar-refractivity contribution in [3.63, 3.8) is 0 Å². The van der Waals surface area contributed by atoms with Crippen LogP contribution in [0.25, 0.3) is 0 Å². The van der Waals surface area contributed by atoms with E-state index in [9.17, 15) is 14.4 Å². The summed E-state index contributed by atoms with van der Waals surface area (Å²) in [5.74, 6) is -1.00. The Labute approximate surface area is 132 Å². The number of nitrogens with zero attached hydrogens (tertiary/aromatic N) is 1. The summed E-state index contributed by atoms with van der Waals surface area (Å²) in [5, 5.41) is 0. The minimum Gasteiger partial charge on any atom is -0.463 e. The van der Waals surface area contributed by atoms with Crippen molar-refractivity contribution in [1.82, 2.24) is 4.90 Å². The van der Waals surface area contributed by atoms with E-state index in [-0.39, 0.29) is 12.5 Å². The minimum atomic E-state index is -0.859. The lowest BCUT2D eigenvalue weighted by atomic mass is 9.87. The average Bonchev–Trinajstić information content (AvgIpc) is 2.44.